The predicted molar refractivity (Wildman–Crippen MR) is 161 cm³/mol. The van der Waals surface area contributed by atoms with Gasteiger partial charge in [0.05, 0.1) is 12.6 Å². The van der Waals surface area contributed by atoms with Crippen LogP contribution in [0.5, 0.6) is 5.75 Å². The van der Waals surface area contributed by atoms with Gasteiger partial charge >= 0.3 is 0 Å². The standard InChI is InChI=1S/C32H40ClN5O5/c1-21-10-11-32(2,19-24(21)33)37-15-13-36(14-16-37)31(42)26-6-4-12-35(26)17-18-43-27-7-3-5-22-23(27)20-38(30(22)41)25-8-9-28(39)34-29(25)40/h3,5,7,10-11,25-26H,4,6,8-9,12-20H2,1-2H3,(H,34,39,40)/t25?,26-,32?/m1/s1. The molecule has 0 spiro atoms. The summed E-state index contributed by atoms with van der Waals surface area (Å²) >= 11 is 6.49. The van der Waals surface area contributed by atoms with Crippen LogP contribution in [-0.2, 0) is 20.9 Å². The number of hydrogen-bond acceptors (Lipinski definition) is 7. The lowest BCUT2D eigenvalue weighted by Crippen LogP contribution is -2.58. The van der Waals surface area contributed by atoms with Crippen molar-refractivity contribution < 1.29 is 23.9 Å². The maximum atomic E-state index is 13.6. The van der Waals surface area contributed by atoms with Crippen molar-refractivity contribution in [3.63, 3.8) is 0 Å². The van der Waals surface area contributed by atoms with Gasteiger partial charge in [0, 0.05) is 67.3 Å². The molecular formula is C32H40ClN5O5. The van der Waals surface area contributed by atoms with Gasteiger partial charge < -0.3 is 14.5 Å². The Morgan fingerprint density at radius 3 is 2.65 bits per heavy atom. The number of allylic oxidation sites excluding steroid dienone is 2. The summed E-state index contributed by atoms with van der Waals surface area (Å²) in [6.45, 7) is 9.42. The Morgan fingerprint density at radius 1 is 1.12 bits per heavy atom. The number of likely N-dealkylation sites (tertiary alicyclic amines) is 1. The molecule has 4 amide bonds. The first kappa shape index (κ1) is 29.8. The van der Waals surface area contributed by atoms with Gasteiger partial charge in [0.15, 0.2) is 0 Å². The number of nitrogens with zero attached hydrogens (tertiary/aromatic N) is 4. The molecule has 0 bridgehead atoms. The smallest absolute Gasteiger partial charge is 0.255 e. The molecule has 0 aromatic heterocycles. The van der Waals surface area contributed by atoms with E-state index in [9.17, 15) is 19.2 Å². The van der Waals surface area contributed by atoms with Crippen LogP contribution in [0.4, 0.5) is 0 Å². The number of piperidine rings is 1. The SMILES string of the molecule is CC1=C(Cl)CC(C)(N2CCN(C(=O)[C@H]3CCCN3CCOc3cccc4c3CN(C3CCC(=O)NC3=O)C4=O)CC2)C=C1. The summed E-state index contributed by atoms with van der Waals surface area (Å²) in [4.78, 5) is 58.9. The molecule has 11 heteroatoms. The molecular weight excluding hydrogens is 570 g/mol. The second-order valence-electron chi connectivity index (χ2n) is 12.5. The van der Waals surface area contributed by atoms with Gasteiger partial charge in [-0.1, -0.05) is 29.8 Å². The lowest BCUT2D eigenvalue weighted by molar-refractivity contribution is -0.139. The molecule has 2 unspecified atom stereocenters. The van der Waals surface area contributed by atoms with E-state index in [1.165, 1.54) is 4.90 Å². The van der Waals surface area contributed by atoms with E-state index in [-0.39, 0.29) is 42.3 Å². The quantitative estimate of drug-likeness (QED) is 0.474. The topological polar surface area (TPSA) is 102 Å². The molecule has 3 atom stereocenters. The van der Waals surface area contributed by atoms with Gasteiger partial charge in [-0.3, -0.25) is 34.3 Å². The van der Waals surface area contributed by atoms with Crippen molar-refractivity contribution in [1.29, 1.82) is 0 Å². The summed E-state index contributed by atoms with van der Waals surface area (Å²) in [5.74, 6) is -0.138. The molecule has 1 aromatic rings. The Labute approximate surface area is 257 Å². The Morgan fingerprint density at radius 2 is 1.91 bits per heavy atom. The van der Waals surface area contributed by atoms with E-state index in [0.717, 1.165) is 55.1 Å². The molecule has 4 heterocycles. The van der Waals surface area contributed by atoms with E-state index in [2.05, 4.69) is 34.2 Å². The van der Waals surface area contributed by atoms with Crippen molar-refractivity contribution in [2.45, 2.75) is 70.1 Å². The van der Waals surface area contributed by atoms with Gasteiger partial charge in [-0.15, -0.1) is 0 Å². The highest BCUT2D eigenvalue weighted by Crippen LogP contribution is 2.35. The third-order valence-corrected chi connectivity index (χ3v) is 10.2. The summed E-state index contributed by atoms with van der Waals surface area (Å²) < 4.78 is 6.19. The number of carbonyl (C=O) groups is 4. The predicted octanol–water partition coefficient (Wildman–Crippen LogP) is 2.67. The average Bonchev–Trinajstić information content (AvgIpc) is 3.60. The van der Waals surface area contributed by atoms with Crippen molar-refractivity contribution in [3.8, 4) is 5.75 Å². The van der Waals surface area contributed by atoms with Gasteiger partial charge in [0.25, 0.3) is 5.91 Å². The van der Waals surface area contributed by atoms with Crippen LogP contribution in [0.1, 0.15) is 61.9 Å². The van der Waals surface area contributed by atoms with Crippen molar-refractivity contribution in [3.05, 3.63) is 52.1 Å². The molecule has 3 fully saturated rings. The number of rotatable bonds is 7. The monoisotopic (exact) mass is 609 g/mol. The average molecular weight is 610 g/mol. The Balaban J connectivity index is 1.02. The van der Waals surface area contributed by atoms with E-state index < -0.39 is 11.9 Å². The minimum atomic E-state index is -0.662. The lowest BCUT2D eigenvalue weighted by Gasteiger charge is -2.46. The van der Waals surface area contributed by atoms with Crippen LogP contribution in [0.2, 0.25) is 0 Å². The Hall–Kier alpha value is -3.21. The van der Waals surface area contributed by atoms with Crippen LogP contribution in [-0.4, -0.2) is 107 Å². The summed E-state index contributed by atoms with van der Waals surface area (Å²) in [7, 11) is 0. The van der Waals surface area contributed by atoms with Crippen molar-refractivity contribution in [2.75, 3.05) is 45.9 Å². The van der Waals surface area contributed by atoms with Crippen molar-refractivity contribution in [1.82, 2.24) is 24.9 Å². The number of fused-ring (bicyclic) bond motifs is 1. The van der Waals surface area contributed by atoms with Gasteiger partial charge in [0.1, 0.15) is 18.4 Å². The first-order chi connectivity index (χ1) is 20.6. The minimum absolute atomic E-state index is 0.121. The molecule has 0 radical (unpaired) electrons. The Bertz CT molecular complexity index is 1390. The third-order valence-electron chi connectivity index (χ3n) is 9.77. The zero-order valence-electron chi connectivity index (χ0n) is 24.9. The summed E-state index contributed by atoms with van der Waals surface area (Å²) in [6, 6.07) is 4.58. The van der Waals surface area contributed by atoms with E-state index in [0.29, 0.717) is 44.0 Å². The molecule has 1 N–H and O–H groups in total. The fraction of sp³-hybridized carbons (Fsp3) is 0.562. The van der Waals surface area contributed by atoms with Crippen LogP contribution in [0, 0.1) is 0 Å². The summed E-state index contributed by atoms with van der Waals surface area (Å²) in [6.07, 6.45) is 7.51. The fourth-order valence-corrected chi connectivity index (χ4v) is 7.45. The van der Waals surface area contributed by atoms with Gasteiger partial charge in [-0.25, -0.2) is 0 Å². The number of nitrogens with one attached hydrogen (secondary N) is 1. The molecule has 4 aliphatic heterocycles. The lowest BCUT2D eigenvalue weighted by atomic mass is 9.88. The number of halogens is 1. The molecule has 230 valence electrons. The van der Waals surface area contributed by atoms with Gasteiger partial charge in [-0.2, -0.15) is 0 Å². The molecule has 5 aliphatic rings. The number of carbonyl (C=O) groups excluding carboxylic acids is 4. The maximum absolute atomic E-state index is 13.6. The molecule has 3 saturated heterocycles. The number of ether oxygens (including phenoxy) is 1. The van der Waals surface area contributed by atoms with Crippen LogP contribution in [0.25, 0.3) is 0 Å². The van der Waals surface area contributed by atoms with E-state index in [4.69, 9.17) is 16.3 Å². The molecule has 1 aromatic carbocycles. The third kappa shape index (κ3) is 5.84. The van der Waals surface area contributed by atoms with Crippen molar-refractivity contribution in [2.24, 2.45) is 0 Å². The van der Waals surface area contributed by atoms with Crippen LogP contribution >= 0.6 is 11.6 Å². The first-order valence-electron chi connectivity index (χ1n) is 15.4. The molecule has 10 nitrogen and oxygen atoms in total. The normalized spacial score (nSPS) is 28.5. The molecule has 43 heavy (non-hydrogen) atoms. The van der Waals surface area contributed by atoms with Gasteiger partial charge in [-0.05, 0) is 57.4 Å². The number of hydrogen-bond donors (Lipinski definition) is 1. The minimum Gasteiger partial charge on any atom is -0.492 e. The fourth-order valence-electron chi connectivity index (χ4n) is 7.11. The second-order valence-corrected chi connectivity index (χ2v) is 12.9. The Kier molecular flexibility index (Phi) is 8.37. The number of piperazine rings is 1. The van der Waals surface area contributed by atoms with E-state index in [1.807, 2.05) is 17.9 Å². The number of benzene rings is 1. The molecule has 0 saturated carbocycles. The number of amides is 4. The zero-order chi connectivity index (χ0) is 30.3. The first-order valence-corrected chi connectivity index (χ1v) is 15.7. The van der Waals surface area contributed by atoms with Crippen LogP contribution < -0.4 is 10.1 Å². The summed E-state index contributed by atoms with van der Waals surface area (Å²) in [5.41, 5.74) is 2.29. The van der Waals surface area contributed by atoms with Crippen molar-refractivity contribution >= 4 is 35.2 Å². The van der Waals surface area contributed by atoms with E-state index >= 15 is 0 Å². The highest BCUT2D eigenvalue weighted by molar-refractivity contribution is 6.30. The maximum Gasteiger partial charge on any atom is 0.255 e. The van der Waals surface area contributed by atoms with E-state index in [1.54, 1.807) is 12.1 Å². The largest absolute Gasteiger partial charge is 0.492 e. The number of imide groups is 1. The van der Waals surface area contributed by atoms with Crippen LogP contribution in [0.3, 0.4) is 0 Å². The van der Waals surface area contributed by atoms with Crippen LogP contribution in [0.15, 0.2) is 41.0 Å². The molecule has 6 rings (SSSR count). The summed E-state index contributed by atoms with van der Waals surface area (Å²) in [5, 5.41) is 3.25. The highest BCUT2D eigenvalue weighted by Gasteiger charge is 2.41. The van der Waals surface area contributed by atoms with Gasteiger partial charge in [0.2, 0.25) is 17.7 Å². The highest BCUT2D eigenvalue weighted by atomic mass is 35.5. The zero-order valence-corrected chi connectivity index (χ0v) is 25.7. The molecule has 1 aliphatic carbocycles. The second kappa shape index (κ2) is 12.1.